The number of piperidine rings is 1. The molecular weight excluding hydrogens is 288 g/mol. The highest BCUT2D eigenvalue weighted by atomic mass is 16.1. The molecule has 0 spiro atoms. The average molecular weight is 310 g/mol. The van der Waals surface area contributed by atoms with Crippen molar-refractivity contribution in [2.24, 2.45) is 0 Å². The number of nitrogens with one attached hydrogen (secondary N) is 3. The summed E-state index contributed by atoms with van der Waals surface area (Å²) in [6, 6.07) is 15.3. The van der Waals surface area contributed by atoms with Crippen molar-refractivity contribution in [2.45, 2.75) is 18.9 Å². The molecule has 2 aromatic carbocycles. The summed E-state index contributed by atoms with van der Waals surface area (Å²) in [7, 11) is 0. The van der Waals surface area contributed by atoms with E-state index in [4.69, 9.17) is 5.73 Å². The molecule has 0 saturated carbocycles. The molecule has 0 aromatic heterocycles. The molecule has 0 bridgehead atoms. The molecule has 5 N–H and O–H groups in total. The Morgan fingerprint density at radius 1 is 1.04 bits per heavy atom. The van der Waals surface area contributed by atoms with E-state index in [0.29, 0.717) is 23.0 Å². The van der Waals surface area contributed by atoms with Gasteiger partial charge in [0.25, 0.3) is 5.91 Å². The zero-order valence-corrected chi connectivity index (χ0v) is 13.0. The first-order chi connectivity index (χ1) is 11.2. The first-order valence-electron chi connectivity index (χ1n) is 7.95. The minimum atomic E-state index is -0.156. The van der Waals surface area contributed by atoms with Gasteiger partial charge in [0.15, 0.2) is 0 Å². The number of hydrogen-bond donors (Lipinski definition) is 4. The van der Waals surface area contributed by atoms with Gasteiger partial charge in [-0.05, 0) is 62.3 Å². The minimum absolute atomic E-state index is 0.156. The lowest BCUT2D eigenvalue weighted by Crippen LogP contribution is -2.35. The predicted octanol–water partition coefficient (Wildman–Crippen LogP) is 2.69. The number of anilines is 3. The Bertz CT molecular complexity index is 663. The van der Waals surface area contributed by atoms with E-state index in [1.54, 1.807) is 12.1 Å². The van der Waals surface area contributed by atoms with Crippen LogP contribution in [0, 0.1) is 0 Å². The van der Waals surface area contributed by atoms with Gasteiger partial charge in [-0.3, -0.25) is 4.79 Å². The van der Waals surface area contributed by atoms with E-state index < -0.39 is 0 Å². The maximum atomic E-state index is 12.3. The highest BCUT2D eigenvalue weighted by Crippen LogP contribution is 2.19. The van der Waals surface area contributed by atoms with Crippen LogP contribution in [0.1, 0.15) is 23.2 Å². The second-order valence-corrected chi connectivity index (χ2v) is 5.79. The second kappa shape index (κ2) is 7.15. The number of nitrogen functional groups attached to an aromatic ring is 1. The van der Waals surface area contributed by atoms with Crippen molar-refractivity contribution < 1.29 is 4.79 Å². The standard InChI is InChI=1S/C18H22N4O/c19-16-3-1-2-4-17(16)22-18(23)13-5-7-14(8-6-13)21-15-9-11-20-12-10-15/h1-8,15,20-21H,9-12,19H2,(H,22,23). The van der Waals surface area contributed by atoms with Gasteiger partial charge in [-0.15, -0.1) is 0 Å². The minimum Gasteiger partial charge on any atom is -0.397 e. The number of hydrogen-bond acceptors (Lipinski definition) is 4. The number of rotatable bonds is 4. The molecule has 0 unspecified atom stereocenters. The van der Waals surface area contributed by atoms with Gasteiger partial charge in [-0.1, -0.05) is 12.1 Å². The SMILES string of the molecule is Nc1ccccc1NC(=O)c1ccc(NC2CCNCC2)cc1. The maximum Gasteiger partial charge on any atom is 0.255 e. The molecule has 1 aliphatic rings. The van der Waals surface area contributed by atoms with Crippen molar-refractivity contribution in [3.63, 3.8) is 0 Å². The molecule has 5 heteroatoms. The third-order valence-corrected chi connectivity index (χ3v) is 4.07. The third kappa shape index (κ3) is 4.02. The first-order valence-corrected chi connectivity index (χ1v) is 7.95. The summed E-state index contributed by atoms with van der Waals surface area (Å²) in [6.07, 6.45) is 2.24. The molecule has 23 heavy (non-hydrogen) atoms. The first kappa shape index (κ1) is 15.4. The Morgan fingerprint density at radius 2 is 1.74 bits per heavy atom. The van der Waals surface area contributed by atoms with Crippen LogP contribution in [-0.2, 0) is 0 Å². The molecule has 1 aliphatic heterocycles. The van der Waals surface area contributed by atoms with Gasteiger partial charge in [-0.2, -0.15) is 0 Å². The van der Waals surface area contributed by atoms with E-state index in [1.807, 2.05) is 36.4 Å². The van der Waals surface area contributed by atoms with Crippen LogP contribution in [0.3, 0.4) is 0 Å². The lowest BCUT2D eigenvalue weighted by molar-refractivity contribution is 0.102. The van der Waals surface area contributed by atoms with Crippen LogP contribution in [0.25, 0.3) is 0 Å². The summed E-state index contributed by atoms with van der Waals surface area (Å²) in [5, 5.41) is 9.70. The fourth-order valence-corrected chi connectivity index (χ4v) is 2.73. The molecule has 0 aliphatic carbocycles. The van der Waals surface area contributed by atoms with Gasteiger partial charge in [0.1, 0.15) is 0 Å². The third-order valence-electron chi connectivity index (χ3n) is 4.07. The van der Waals surface area contributed by atoms with Gasteiger partial charge in [-0.25, -0.2) is 0 Å². The number of benzene rings is 2. The van der Waals surface area contributed by atoms with E-state index >= 15 is 0 Å². The Labute approximate surface area is 136 Å². The fraction of sp³-hybridized carbons (Fsp3) is 0.278. The molecule has 1 amide bonds. The zero-order valence-electron chi connectivity index (χ0n) is 13.0. The second-order valence-electron chi connectivity index (χ2n) is 5.79. The molecule has 1 heterocycles. The van der Waals surface area contributed by atoms with Crippen LogP contribution in [0.5, 0.6) is 0 Å². The summed E-state index contributed by atoms with van der Waals surface area (Å²) in [4.78, 5) is 12.3. The van der Waals surface area contributed by atoms with Crippen molar-refractivity contribution in [3.8, 4) is 0 Å². The van der Waals surface area contributed by atoms with Gasteiger partial charge >= 0.3 is 0 Å². The molecule has 3 rings (SSSR count). The van der Waals surface area contributed by atoms with Crippen LogP contribution in [0.4, 0.5) is 17.1 Å². The van der Waals surface area contributed by atoms with Gasteiger partial charge in [0.2, 0.25) is 0 Å². The fourth-order valence-electron chi connectivity index (χ4n) is 2.73. The van der Waals surface area contributed by atoms with Crippen molar-refractivity contribution in [1.82, 2.24) is 5.32 Å². The number of nitrogens with two attached hydrogens (primary N) is 1. The molecular formula is C18H22N4O. The van der Waals surface area contributed by atoms with Crippen molar-refractivity contribution in [1.29, 1.82) is 0 Å². The largest absolute Gasteiger partial charge is 0.397 e. The smallest absolute Gasteiger partial charge is 0.255 e. The van der Waals surface area contributed by atoms with E-state index in [1.165, 1.54) is 0 Å². The molecule has 1 fully saturated rings. The molecule has 2 aromatic rings. The number of carbonyl (C=O) groups excluding carboxylic acids is 1. The van der Waals surface area contributed by atoms with Crippen molar-refractivity contribution >= 4 is 23.0 Å². The Balaban J connectivity index is 1.62. The molecule has 1 saturated heterocycles. The topological polar surface area (TPSA) is 79.2 Å². The van der Waals surface area contributed by atoms with Gasteiger partial charge < -0.3 is 21.7 Å². The average Bonchev–Trinajstić information content (AvgIpc) is 2.58. The molecule has 0 atom stereocenters. The maximum absolute atomic E-state index is 12.3. The van der Waals surface area contributed by atoms with Crippen LogP contribution >= 0.6 is 0 Å². The number of amides is 1. The van der Waals surface area contributed by atoms with E-state index in [0.717, 1.165) is 31.6 Å². The normalized spacial score (nSPS) is 15.1. The Kier molecular flexibility index (Phi) is 4.78. The summed E-state index contributed by atoms with van der Waals surface area (Å²) < 4.78 is 0. The highest BCUT2D eigenvalue weighted by molar-refractivity contribution is 6.05. The Hall–Kier alpha value is -2.53. The van der Waals surface area contributed by atoms with Crippen LogP contribution in [-0.4, -0.2) is 25.0 Å². The Morgan fingerprint density at radius 3 is 2.43 bits per heavy atom. The molecule has 120 valence electrons. The highest BCUT2D eigenvalue weighted by Gasteiger charge is 2.13. The lowest BCUT2D eigenvalue weighted by atomic mass is 10.1. The number of carbonyl (C=O) groups is 1. The molecule has 5 nitrogen and oxygen atoms in total. The lowest BCUT2D eigenvalue weighted by Gasteiger charge is -2.24. The van der Waals surface area contributed by atoms with E-state index in [9.17, 15) is 4.79 Å². The van der Waals surface area contributed by atoms with Crippen molar-refractivity contribution in [3.05, 3.63) is 54.1 Å². The predicted molar refractivity (Wildman–Crippen MR) is 94.8 cm³/mol. The quantitative estimate of drug-likeness (QED) is 0.655. The van der Waals surface area contributed by atoms with E-state index in [2.05, 4.69) is 16.0 Å². The number of para-hydroxylation sites is 2. The van der Waals surface area contributed by atoms with Crippen molar-refractivity contribution in [2.75, 3.05) is 29.5 Å². The monoisotopic (exact) mass is 310 g/mol. The summed E-state index contributed by atoms with van der Waals surface area (Å²) in [5.41, 5.74) is 8.70. The van der Waals surface area contributed by atoms with Gasteiger partial charge in [0, 0.05) is 17.3 Å². The van der Waals surface area contributed by atoms with E-state index in [-0.39, 0.29) is 5.91 Å². The summed E-state index contributed by atoms with van der Waals surface area (Å²) in [5.74, 6) is -0.156. The summed E-state index contributed by atoms with van der Waals surface area (Å²) in [6.45, 7) is 2.10. The summed E-state index contributed by atoms with van der Waals surface area (Å²) >= 11 is 0. The van der Waals surface area contributed by atoms with Crippen LogP contribution in [0.15, 0.2) is 48.5 Å². The molecule has 0 radical (unpaired) electrons. The van der Waals surface area contributed by atoms with Gasteiger partial charge in [0.05, 0.1) is 11.4 Å². The van der Waals surface area contributed by atoms with Crippen LogP contribution in [0.2, 0.25) is 0 Å². The van der Waals surface area contributed by atoms with Crippen LogP contribution < -0.4 is 21.7 Å². The zero-order chi connectivity index (χ0) is 16.1.